The smallest absolute Gasteiger partial charge is 0.0797 e. The Balaban J connectivity index is 2.17. The van der Waals surface area contributed by atoms with Crippen LogP contribution in [0.4, 0.5) is 0 Å². The lowest BCUT2D eigenvalue weighted by atomic mass is 9.81. The normalized spacial score (nSPS) is 19.7. The maximum atomic E-state index is 6.19. The summed E-state index contributed by atoms with van der Waals surface area (Å²) in [5, 5.41) is 3.66. The molecule has 20 heavy (non-hydrogen) atoms. The number of likely N-dealkylation sites (N-methyl/N-ethyl adjacent to an activating group) is 1. The summed E-state index contributed by atoms with van der Waals surface area (Å²) in [6.07, 6.45) is 7.07. The van der Waals surface area contributed by atoms with E-state index in [2.05, 4.69) is 49.5 Å². The number of nitrogens with one attached hydrogen (secondary N) is 1. The largest absolute Gasteiger partial charge is 0.376 e. The molecule has 0 bridgehead atoms. The van der Waals surface area contributed by atoms with E-state index in [1.165, 1.54) is 37.7 Å². The lowest BCUT2D eigenvalue weighted by Gasteiger charge is -2.36. The van der Waals surface area contributed by atoms with Crippen molar-refractivity contribution in [2.45, 2.75) is 58.1 Å². The van der Waals surface area contributed by atoms with Gasteiger partial charge in [-0.2, -0.15) is 0 Å². The first-order valence-corrected chi connectivity index (χ1v) is 8.26. The molecule has 1 saturated carbocycles. The molecule has 0 saturated heterocycles. The zero-order valence-corrected chi connectivity index (χ0v) is 13.0. The minimum absolute atomic E-state index is 0.308. The van der Waals surface area contributed by atoms with Crippen LogP contribution < -0.4 is 5.32 Å². The molecule has 1 fully saturated rings. The fourth-order valence-electron chi connectivity index (χ4n) is 3.46. The molecule has 1 aromatic carbocycles. The standard InChI is InChI=1S/C18H29NO/c1-3-19-17(15-11-7-5-8-12-15)18(20-4-2)16-13-9-6-10-14-16/h5,7-8,11-12,16-19H,3-4,6,9-10,13-14H2,1-2H3. The second-order valence-corrected chi connectivity index (χ2v) is 5.76. The SMILES string of the molecule is CCNC(c1ccccc1)C(OCC)C1CCCCC1. The molecule has 1 N–H and O–H groups in total. The highest BCUT2D eigenvalue weighted by Crippen LogP contribution is 2.34. The Morgan fingerprint density at radius 2 is 1.80 bits per heavy atom. The van der Waals surface area contributed by atoms with Crippen LogP contribution in [-0.4, -0.2) is 19.3 Å². The molecular formula is C18H29NO. The molecule has 1 aromatic rings. The summed E-state index contributed by atoms with van der Waals surface area (Å²) >= 11 is 0. The van der Waals surface area contributed by atoms with Crippen molar-refractivity contribution >= 4 is 0 Å². The van der Waals surface area contributed by atoms with Crippen LogP contribution in [0.2, 0.25) is 0 Å². The first-order valence-electron chi connectivity index (χ1n) is 8.26. The second kappa shape index (κ2) is 8.43. The van der Waals surface area contributed by atoms with Crippen LogP contribution in [0.15, 0.2) is 30.3 Å². The molecule has 0 radical (unpaired) electrons. The van der Waals surface area contributed by atoms with E-state index in [9.17, 15) is 0 Å². The first kappa shape index (κ1) is 15.5. The van der Waals surface area contributed by atoms with Crippen LogP contribution in [-0.2, 0) is 4.74 Å². The predicted octanol–water partition coefficient (Wildman–Crippen LogP) is 4.32. The summed E-state index contributed by atoms with van der Waals surface area (Å²) in [5.41, 5.74) is 1.36. The molecule has 2 rings (SSSR count). The molecule has 1 aliphatic rings. The molecule has 2 atom stereocenters. The maximum Gasteiger partial charge on any atom is 0.0797 e. The summed E-state index contributed by atoms with van der Waals surface area (Å²) in [6, 6.07) is 11.1. The average Bonchev–Trinajstić information content (AvgIpc) is 2.52. The van der Waals surface area contributed by atoms with Gasteiger partial charge in [0, 0.05) is 6.61 Å². The molecule has 0 aliphatic heterocycles. The molecular weight excluding hydrogens is 246 g/mol. The minimum atomic E-state index is 0.308. The van der Waals surface area contributed by atoms with Crippen LogP contribution in [0, 0.1) is 5.92 Å². The third-order valence-electron chi connectivity index (χ3n) is 4.38. The van der Waals surface area contributed by atoms with E-state index >= 15 is 0 Å². The van der Waals surface area contributed by atoms with Gasteiger partial charge >= 0.3 is 0 Å². The van der Waals surface area contributed by atoms with E-state index in [0.717, 1.165) is 13.2 Å². The quantitative estimate of drug-likeness (QED) is 0.800. The van der Waals surface area contributed by atoms with Gasteiger partial charge in [0.15, 0.2) is 0 Å². The van der Waals surface area contributed by atoms with Crippen molar-refractivity contribution in [1.29, 1.82) is 0 Å². The highest BCUT2D eigenvalue weighted by molar-refractivity contribution is 5.20. The van der Waals surface area contributed by atoms with E-state index in [1.54, 1.807) is 0 Å². The van der Waals surface area contributed by atoms with Crippen LogP contribution in [0.3, 0.4) is 0 Å². The van der Waals surface area contributed by atoms with Gasteiger partial charge in [-0.25, -0.2) is 0 Å². The molecule has 1 aliphatic carbocycles. The molecule has 2 heteroatoms. The van der Waals surface area contributed by atoms with Crippen LogP contribution in [0.5, 0.6) is 0 Å². The molecule has 0 spiro atoms. The van der Waals surface area contributed by atoms with E-state index in [4.69, 9.17) is 4.74 Å². The van der Waals surface area contributed by atoms with Gasteiger partial charge in [0.2, 0.25) is 0 Å². The van der Waals surface area contributed by atoms with Gasteiger partial charge < -0.3 is 10.1 Å². The van der Waals surface area contributed by atoms with Gasteiger partial charge in [0.1, 0.15) is 0 Å². The fraction of sp³-hybridized carbons (Fsp3) is 0.667. The summed E-state index contributed by atoms with van der Waals surface area (Å²) in [4.78, 5) is 0. The molecule has 0 aromatic heterocycles. The lowest BCUT2D eigenvalue weighted by molar-refractivity contribution is -0.0180. The fourth-order valence-corrected chi connectivity index (χ4v) is 3.46. The Morgan fingerprint density at radius 1 is 1.10 bits per heavy atom. The maximum absolute atomic E-state index is 6.19. The number of ether oxygens (including phenoxy) is 1. The van der Waals surface area contributed by atoms with Crippen molar-refractivity contribution in [3.8, 4) is 0 Å². The Labute approximate surface area is 123 Å². The van der Waals surface area contributed by atoms with Crippen molar-refractivity contribution in [3.63, 3.8) is 0 Å². The van der Waals surface area contributed by atoms with Gasteiger partial charge in [-0.3, -0.25) is 0 Å². The van der Waals surface area contributed by atoms with Crippen LogP contribution in [0.25, 0.3) is 0 Å². The number of hydrogen-bond acceptors (Lipinski definition) is 2. The zero-order chi connectivity index (χ0) is 14.2. The van der Waals surface area contributed by atoms with Crippen molar-refractivity contribution in [1.82, 2.24) is 5.32 Å². The topological polar surface area (TPSA) is 21.3 Å². The zero-order valence-electron chi connectivity index (χ0n) is 13.0. The van der Waals surface area contributed by atoms with Crippen molar-refractivity contribution in [2.75, 3.05) is 13.2 Å². The molecule has 2 unspecified atom stereocenters. The minimum Gasteiger partial charge on any atom is -0.376 e. The highest BCUT2D eigenvalue weighted by Gasteiger charge is 2.31. The average molecular weight is 275 g/mol. The summed E-state index contributed by atoms with van der Waals surface area (Å²) in [5.74, 6) is 0.702. The predicted molar refractivity (Wildman–Crippen MR) is 84.8 cm³/mol. The molecule has 0 heterocycles. The molecule has 2 nitrogen and oxygen atoms in total. The third kappa shape index (κ3) is 4.07. The third-order valence-corrected chi connectivity index (χ3v) is 4.38. The van der Waals surface area contributed by atoms with Crippen LogP contribution in [0.1, 0.15) is 57.6 Å². The van der Waals surface area contributed by atoms with Crippen LogP contribution >= 0.6 is 0 Å². The van der Waals surface area contributed by atoms with Gasteiger partial charge in [0.05, 0.1) is 12.1 Å². The summed E-state index contributed by atoms with van der Waals surface area (Å²) in [6.45, 7) is 6.08. The number of benzene rings is 1. The first-order chi connectivity index (χ1) is 9.86. The van der Waals surface area contributed by atoms with Crippen molar-refractivity contribution in [3.05, 3.63) is 35.9 Å². The highest BCUT2D eigenvalue weighted by atomic mass is 16.5. The Morgan fingerprint density at radius 3 is 2.40 bits per heavy atom. The van der Waals surface area contributed by atoms with Gasteiger partial charge in [-0.05, 0) is 37.8 Å². The van der Waals surface area contributed by atoms with Gasteiger partial charge in [-0.1, -0.05) is 56.5 Å². The summed E-state index contributed by atoms with van der Waals surface area (Å²) < 4.78 is 6.19. The van der Waals surface area contributed by atoms with Crippen molar-refractivity contribution in [2.24, 2.45) is 5.92 Å². The van der Waals surface area contributed by atoms with Gasteiger partial charge in [-0.15, -0.1) is 0 Å². The lowest BCUT2D eigenvalue weighted by Crippen LogP contribution is -2.39. The van der Waals surface area contributed by atoms with E-state index in [0.29, 0.717) is 18.1 Å². The monoisotopic (exact) mass is 275 g/mol. The van der Waals surface area contributed by atoms with Gasteiger partial charge in [0.25, 0.3) is 0 Å². The number of rotatable bonds is 7. The molecule has 112 valence electrons. The second-order valence-electron chi connectivity index (χ2n) is 5.76. The molecule has 0 amide bonds. The van der Waals surface area contributed by atoms with Crippen molar-refractivity contribution < 1.29 is 4.74 Å². The van der Waals surface area contributed by atoms with E-state index in [1.807, 2.05) is 0 Å². The summed E-state index contributed by atoms with van der Waals surface area (Å²) in [7, 11) is 0. The Bertz CT molecular complexity index is 359. The number of hydrogen-bond donors (Lipinski definition) is 1. The van der Waals surface area contributed by atoms with E-state index < -0.39 is 0 Å². The Kier molecular flexibility index (Phi) is 6.55. The Hall–Kier alpha value is -0.860. The van der Waals surface area contributed by atoms with E-state index in [-0.39, 0.29) is 0 Å².